The van der Waals surface area contributed by atoms with Gasteiger partial charge in [0.25, 0.3) is 0 Å². The molecule has 0 unspecified atom stereocenters. The van der Waals surface area contributed by atoms with Crippen molar-refractivity contribution >= 4 is 44.5 Å². The number of aromatic nitrogens is 2. The maximum Gasteiger partial charge on any atom is 0.150 e. The van der Waals surface area contributed by atoms with Crippen molar-refractivity contribution in [3.8, 4) is 0 Å². The summed E-state index contributed by atoms with van der Waals surface area (Å²) in [6, 6.07) is 10.4. The molecule has 4 heterocycles. The number of halogens is 1. The van der Waals surface area contributed by atoms with Crippen molar-refractivity contribution in [3.63, 3.8) is 0 Å². The molecule has 2 aliphatic rings. The summed E-state index contributed by atoms with van der Waals surface area (Å²) >= 11 is 7.94. The maximum absolute atomic E-state index is 6.12. The van der Waals surface area contributed by atoms with E-state index in [0.717, 1.165) is 54.5 Å². The van der Waals surface area contributed by atoms with Gasteiger partial charge in [0.15, 0.2) is 0 Å². The number of thiophene rings is 1. The molecule has 0 amide bonds. The van der Waals surface area contributed by atoms with E-state index in [9.17, 15) is 0 Å². The van der Waals surface area contributed by atoms with Crippen LogP contribution >= 0.6 is 22.9 Å². The van der Waals surface area contributed by atoms with Gasteiger partial charge in [-0.1, -0.05) is 29.8 Å². The number of benzene rings is 1. The second-order valence-electron chi connectivity index (χ2n) is 11.7. The molecule has 1 atom stereocenters. The van der Waals surface area contributed by atoms with Gasteiger partial charge in [0.2, 0.25) is 0 Å². The van der Waals surface area contributed by atoms with Crippen LogP contribution in [0.5, 0.6) is 0 Å². The van der Waals surface area contributed by atoms with E-state index in [1.807, 2.05) is 29.5 Å². The third-order valence-electron chi connectivity index (χ3n) is 7.22. The van der Waals surface area contributed by atoms with E-state index in [-0.39, 0.29) is 17.1 Å². The molecule has 9 heteroatoms. The van der Waals surface area contributed by atoms with Crippen molar-refractivity contribution < 1.29 is 4.74 Å². The predicted molar refractivity (Wildman–Crippen MR) is 159 cm³/mol. The zero-order valence-electron chi connectivity index (χ0n) is 23.1. The Hall–Kier alpha value is -2.07. The van der Waals surface area contributed by atoms with E-state index in [4.69, 9.17) is 21.3 Å². The average molecular weight is 555 g/mol. The normalized spacial score (nSPS) is 20.5. The minimum absolute atomic E-state index is 0.0387. The van der Waals surface area contributed by atoms with E-state index in [2.05, 4.69) is 78.2 Å². The van der Waals surface area contributed by atoms with Gasteiger partial charge in [-0.15, -0.1) is 11.3 Å². The Labute approximate surface area is 235 Å². The van der Waals surface area contributed by atoms with Crippen LogP contribution in [0.25, 0.3) is 15.8 Å². The topological polar surface area (TPSA) is 65.5 Å². The zero-order chi connectivity index (χ0) is 26.9. The maximum atomic E-state index is 6.12. The molecule has 204 valence electrons. The highest BCUT2D eigenvalue weighted by molar-refractivity contribution is 7.20. The minimum Gasteiger partial charge on any atom is -0.353 e. The fourth-order valence-electron chi connectivity index (χ4n) is 5.64. The number of piperazine rings is 1. The number of hydrogen-bond donors (Lipinski definition) is 2. The highest BCUT2D eigenvalue weighted by Crippen LogP contribution is 2.40. The molecular formula is C29H39ClN6OS. The van der Waals surface area contributed by atoms with Crippen LogP contribution in [0.2, 0.25) is 5.02 Å². The lowest BCUT2D eigenvalue weighted by atomic mass is 9.83. The van der Waals surface area contributed by atoms with Crippen molar-refractivity contribution in [2.24, 2.45) is 0 Å². The van der Waals surface area contributed by atoms with E-state index in [1.54, 1.807) is 6.33 Å². The van der Waals surface area contributed by atoms with Crippen LogP contribution in [-0.2, 0) is 4.74 Å². The van der Waals surface area contributed by atoms with Gasteiger partial charge in [-0.2, -0.15) is 0 Å². The Kier molecular flexibility index (Phi) is 8.10. The molecule has 2 aromatic heterocycles. The van der Waals surface area contributed by atoms with Crippen molar-refractivity contribution in [1.82, 2.24) is 25.5 Å². The van der Waals surface area contributed by atoms with Crippen molar-refractivity contribution in [1.29, 1.82) is 0 Å². The lowest BCUT2D eigenvalue weighted by Crippen LogP contribution is -2.53. The van der Waals surface area contributed by atoms with Crippen LogP contribution in [0.3, 0.4) is 0 Å². The summed E-state index contributed by atoms with van der Waals surface area (Å²) in [5.74, 6) is 1.05. The summed E-state index contributed by atoms with van der Waals surface area (Å²) in [6.45, 7) is 16.0. The molecule has 0 saturated carbocycles. The first-order valence-corrected chi connectivity index (χ1v) is 14.6. The van der Waals surface area contributed by atoms with Crippen LogP contribution in [-0.4, -0.2) is 65.6 Å². The molecule has 7 nitrogen and oxygen atoms in total. The van der Waals surface area contributed by atoms with Gasteiger partial charge in [-0.25, -0.2) is 9.97 Å². The lowest BCUT2D eigenvalue weighted by Gasteiger charge is -2.41. The van der Waals surface area contributed by atoms with Gasteiger partial charge in [0.05, 0.1) is 16.9 Å². The van der Waals surface area contributed by atoms with Gasteiger partial charge in [0.1, 0.15) is 18.9 Å². The second kappa shape index (κ2) is 11.2. The second-order valence-corrected chi connectivity index (χ2v) is 13.2. The molecule has 1 fully saturated rings. The minimum atomic E-state index is -0.0387. The van der Waals surface area contributed by atoms with Crippen molar-refractivity contribution in [2.75, 3.05) is 44.5 Å². The first-order chi connectivity index (χ1) is 18.1. The van der Waals surface area contributed by atoms with E-state index < -0.39 is 0 Å². The number of anilines is 1. The third-order valence-corrected chi connectivity index (χ3v) is 8.65. The van der Waals surface area contributed by atoms with Crippen LogP contribution in [0.15, 0.2) is 42.7 Å². The Balaban J connectivity index is 1.17. The Morgan fingerprint density at radius 2 is 1.92 bits per heavy atom. The van der Waals surface area contributed by atoms with Crippen LogP contribution < -0.4 is 15.5 Å². The fraction of sp³-hybridized carbons (Fsp3) is 0.517. The summed E-state index contributed by atoms with van der Waals surface area (Å²) in [5.41, 5.74) is 3.61. The van der Waals surface area contributed by atoms with Crippen LogP contribution in [0.4, 0.5) is 5.82 Å². The van der Waals surface area contributed by atoms with Crippen molar-refractivity contribution in [2.45, 2.75) is 58.2 Å². The highest BCUT2D eigenvalue weighted by atomic mass is 35.5. The molecule has 2 N–H and O–H groups in total. The van der Waals surface area contributed by atoms with E-state index >= 15 is 0 Å². The van der Waals surface area contributed by atoms with Crippen molar-refractivity contribution in [3.05, 3.63) is 58.2 Å². The highest BCUT2D eigenvalue weighted by Gasteiger charge is 2.33. The van der Waals surface area contributed by atoms with Gasteiger partial charge < -0.3 is 15.0 Å². The molecule has 2 aliphatic heterocycles. The standard InChI is InChI=1S/C29H39ClN6OS/c1-20(21-7-6-8-23(30)13-21)33-18-37-19-35-9-11-36(12-10-35)27-26-24(31-17-32-27)14-25(38-26)22-15-28(2,3)34-29(4,5)16-22/h6-8,13-15,17,20,33-34H,9-12,16,18-19H2,1-5H3/t20-/m0/s1. The summed E-state index contributed by atoms with van der Waals surface area (Å²) in [5, 5.41) is 7.91. The van der Waals surface area contributed by atoms with Crippen LogP contribution in [0.1, 0.15) is 57.5 Å². The fourth-order valence-corrected chi connectivity index (χ4v) is 6.98. The van der Waals surface area contributed by atoms with Gasteiger partial charge in [0, 0.05) is 53.2 Å². The number of fused-ring (bicyclic) bond motifs is 1. The summed E-state index contributed by atoms with van der Waals surface area (Å²) < 4.78 is 7.12. The molecule has 5 rings (SSSR count). The number of nitrogens with one attached hydrogen (secondary N) is 2. The zero-order valence-corrected chi connectivity index (χ0v) is 24.6. The SMILES string of the molecule is C[C@H](NCOCN1CCN(c2ncnc3cc(C4=CC(C)(C)NC(C)(C)C4)sc23)CC1)c1cccc(Cl)c1. The smallest absolute Gasteiger partial charge is 0.150 e. The first kappa shape index (κ1) is 27.5. The average Bonchev–Trinajstić information content (AvgIpc) is 3.30. The molecule has 0 spiro atoms. The molecule has 1 saturated heterocycles. The molecule has 0 bridgehead atoms. The lowest BCUT2D eigenvalue weighted by molar-refractivity contribution is 0.0135. The summed E-state index contributed by atoms with van der Waals surface area (Å²) in [7, 11) is 0. The Bertz CT molecular complexity index is 1300. The summed E-state index contributed by atoms with van der Waals surface area (Å²) in [6.07, 6.45) is 5.08. The van der Waals surface area contributed by atoms with Gasteiger partial charge in [-0.05, 0) is 70.4 Å². The number of rotatable bonds is 8. The molecule has 1 aromatic carbocycles. The van der Waals surface area contributed by atoms with Gasteiger partial charge in [-0.3, -0.25) is 10.2 Å². The predicted octanol–water partition coefficient (Wildman–Crippen LogP) is 5.68. The Morgan fingerprint density at radius 3 is 2.66 bits per heavy atom. The number of hydrogen-bond acceptors (Lipinski definition) is 8. The van der Waals surface area contributed by atoms with E-state index in [1.165, 1.54) is 15.2 Å². The van der Waals surface area contributed by atoms with Crippen LogP contribution in [0, 0.1) is 0 Å². The molecule has 0 aliphatic carbocycles. The first-order valence-electron chi connectivity index (χ1n) is 13.4. The third kappa shape index (κ3) is 6.55. The molecule has 3 aromatic rings. The summed E-state index contributed by atoms with van der Waals surface area (Å²) in [4.78, 5) is 15.4. The van der Waals surface area contributed by atoms with Gasteiger partial charge >= 0.3 is 0 Å². The largest absolute Gasteiger partial charge is 0.353 e. The molecule has 0 radical (unpaired) electrons. The number of nitrogens with zero attached hydrogens (tertiary/aromatic N) is 4. The molecular weight excluding hydrogens is 516 g/mol. The number of ether oxygens (including phenoxy) is 1. The monoisotopic (exact) mass is 554 g/mol. The Morgan fingerprint density at radius 1 is 1.13 bits per heavy atom. The quantitative estimate of drug-likeness (QED) is 0.274. The van der Waals surface area contributed by atoms with E-state index in [0.29, 0.717) is 13.5 Å². The molecule has 38 heavy (non-hydrogen) atoms.